The molecule has 112 valence electrons. The summed E-state index contributed by atoms with van der Waals surface area (Å²) < 4.78 is 29.9. The van der Waals surface area contributed by atoms with Gasteiger partial charge in [0.05, 0.1) is 5.02 Å². The highest BCUT2D eigenvalue weighted by atomic mass is 35.5. The third-order valence-corrected chi connectivity index (χ3v) is 3.01. The number of aromatic nitrogens is 2. The van der Waals surface area contributed by atoms with Gasteiger partial charge in [0.2, 0.25) is 5.91 Å². The second-order valence-electron chi connectivity index (χ2n) is 4.18. The largest absolute Gasteiger partial charge is 0.433 e. The van der Waals surface area contributed by atoms with Crippen LogP contribution in [0.25, 0.3) is 0 Å². The minimum absolute atomic E-state index is 0.0140. The molecule has 0 aliphatic heterocycles. The van der Waals surface area contributed by atoms with Crippen LogP contribution in [0.5, 0.6) is 5.75 Å². The SMILES string of the molecule is C[C@H](C(=O)Nc1ccc(OC(F)F)c(Cl)c1)n1cccn1. The highest BCUT2D eigenvalue weighted by molar-refractivity contribution is 6.32. The van der Waals surface area contributed by atoms with Crippen LogP contribution >= 0.6 is 11.6 Å². The van der Waals surface area contributed by atoms with Gasteiger partial charge < -0.3 is 10.1 Å². The zero-order valence-electron chi connectivity index (χ0n) is 11.0. The van der Waals surface area contributed by atoms with Crippen molar-refractivity contribution in [3.05, 3.63) is 41.7 Å². The number of alkyl halides is 2. The van der Waals surface area contributed by atoms with Crippen LogP contribution in [-0.2, 0) is 4.79 Å². The van der Waals surface area contributed by atoms with Gasteiger partial charge in [-0.3, -0.25) is 9.48 Å². The second-order valence-corrected chi connectivity index (χ2v) is 4.58. The van der Waals surface area contributed by atoms with Gasteiger partial charge in [-0.2, -0.15) is 13.9 Å². The lowest BCUT2D eigenvalue weighted by Crippen LogP contribution is -2.23. The Morgan fingerprint density at radius 3 is 2.81 bits per heavy atom. The molecule has 5 nitrogen and oxygen atoms in total. The molecule has 0 saturated carbocycles. The van der Waals surface area contributed by atoms with E-state index in [2.05, 4.69) is 15.2 Å². The van der Waals surface area contributed by atoms with Crippen molar-refractivity contribution in [3.8, 4) is 5.75 Å². The maximum Gasteiger partial charge on any atom is 0.387 e. The van der Waals surface area contributed by atoms with Gasteiger partial charge in [0.1, 0.15) is 11.8 Å². The van der Waals surface area contributed by atoms with Crippen LogP contribution in [0.2, 0.25) is 5.02 Å². The maximum absolute atomic E-state index is 12.1. The Morgan fingerprint density at radius 1 is 1.48 bits per heavy atom. The quantitative estimate of drug-likeness (QED) is 0.920. The number of hydrogen-bond donors (Lipinski definition) is 1. The predicted molar refractivity (Wildman–Crippen MR) is 73.7 cm³/mol. The first-order valence-electron chi connectivity index (χ1n) is 6.01. The lowest BCUT2D eigenvalue weighted by molar-refractivity contribution is -0.119. The zero-order valence-corrected chi connectivity index (χ0v) is 11.7. The Balaban J connectivity index is 2.06. The summed E-state index contributed by atoms with van der Waals surface area (Å²) in [5.74, 6) is -0.456. The molecular weight excluding hydrogens is 304 g/mol. The van der Waals surface area contributed by atoms with E-state index in [0.717, 1.165) is 0 Å². The molecule has 0 aliphatic rings. The van der Waals surface area contributed by atoms with Crippen molar-refractivity contribution in [1.29, 1.82) is 0 Å². The predicted octanol–water partition coefficient (Wildman–Crippen LogP) is 3.34. The number of hydrogen-bond acceptors (Lipinski definition) is 3. The molecule has 2 rings (SSSR count). The summed E-state index contributed by atoms with van der Waals surface area (Å²) in [7, 11) is 0. The van der Waals surface area contributed by atoms with Crippen LogP contribution in [0.3, 0.4) is 0 Å². The summed E-state index contributed by atoms with van der Waals surface area (Å²) in [4.78, 5) is 12.0. The molecule has 0 spiro atoms. The van der Waals surface area contributed by atoms with Crippen molar-refractivity contribution < 1.29 is 18.3 Å². The van der Waals surface area contributed by atoms with Crippen LogP contribution in [0.1, 0.15) is 13.0 Å². The van der Waals surface area contributed by atoms with Gasteiger partial charge in [-0.25, -0.2) is 0 Å². The van der Waals surface area contributed by atoms with Crippen molar-refractivity contribution in [2.45, 2.75) is 19.6 Å². The molecule has 0 saturated heterocycles. The number of amides is 1. The number of carbonyl (C=O) groups is 1. The first-order chi connectivity index (χ1) is 9.97. The van der Waals surface area contributed by atoms with Crippen molar-refractivity contribution in [3.63, 3.8) is 0 Å². The number of halogens is 3. The van der Waals surface area contributed by atoms with Gasteiger partial charge >= 0.3 is 6.61 Å². The Labute approximate surface area is 124 Å². The standard InChI is InChI=1S/C13H12ClF2N3O2/c1-8(19-6-2-5-17-19)12(20)18-9-3-4-11(10(14)7-9)21-13(15)16/h2-8,13H,1H3,(H,18,20)/t8-/m1/s1. The van der Waals surface area contributed by atoms with Crippen LogP contribution in [0, 0.1) is 0 Å². The highest BCUT2D eigenvalue weighted by Crippen LogP contribution is 2.29. The maximum atomic E-state index is 12.1. The van der Waals surface area contributed by atoms with Crippen molar-refractivity contribution in [2.75, 3.05) is 5.32 Å². The molecule has 0 radical (unpaired) electrons. The molecule has 1 aromatic heterocycles. The van der Waals surface area contributed by atoms with E-state index in [9.17, 15) is 13.6 Å². The third-order valence-electron chi connectivity index (χ3n) is 2.72. The topological polar surface area (TPSA) is 56.1 Å². The average Bonchev–Trinajstić information content (AvgIpc) is 2.94. The molecule has 21 heavy (non-hydrogen) atoms. The molecule has 8 heteroatoms. The number of rotatable bonds is 5. The number of ether oxygens (including phenoxy) is 1. The van der Waals surface area contributed by atoms with Gasteiger partial charge in [-0.1, -0.05) is 11.6 Å². The Hall–Kier alpha value is -2.15. The van der Waals surface area contributed by atoms with Crippen molar-refractivity contribution in [2.24, 2.45) is 0 Å². The summed E-state index contributed by atoms with van der Waals surface area (Å²) in [6.45, 7) is -1.28. The minimum atomic E-state index is -2.96. The normalized spacial score (nSPS) is 12.2. The van der Waals surface area contributed by atoms with Crippen LogP contribution in [0.15, 0.2) is 36.7 Å². The van der Waals surface area contributed by atoms with E-state index in [1.165, 1.54) is 22.9 Å². The minimum Gasteiger partial charge on any atom is -0.433 e. The lowest BCUT2D eigenvalue weighted by Gasteiger charge is -2.13. The van der Waals surface area contributed by atoms with Crippen molar-refractivity contribution in [1.82, 2.24) is 9.78 Å². The Kier molecular flexibility index (Phi) is 4.74. The summed E-state index contributed by atoms with van der Waals surface area (Å²) in [5.41, 5.74) is 0.380. The smallest absolute Gasteiger partial charge is 0.387 e. The molecular formula is C13H12ClF2N3O2. The number of carbonyl (C=O) groups excluding carboxylic acids is 1. The first kappa shape index (κ1) is 15.2. The molecule has 1 amide bonds. The van der Waals surface area contributed by atoms with E-state index in [4.69, 9.17) is 11.6 Å². The fourth-order valence-corrected chi connectivity index (χ4v) is 1.87. The molecule has 1 heterocycles. The van der Waals surface area contributed by atoms with Gasteiger partial charge in [0.15, 0.2) is 0 Å². The van der Waals surface area contributed by atoms with E-state index in [-0.39, 0.29) is 16.7 Å². The summed E-state index contributed by atoms with van der Waals surface area (Å²) >= 11 is 5.81. The molecule has 0 fully saturated rings. The number of nitrogens with zero attached hydrogens (tertiary/aromatic N) is 2. The van der Waals surface area contributed by atoms with Crippen LogP contribution in [0.4, 0.5) is 14.5 Å². The zero-order chi connectivity index (χ0) is 15.4. The summed E-state index contributed by atoms with van der Waals surface area (Å²) in [6, 6.07) is 5.22. The third kappa shape index (κ3) is 3.91. The molecule has 0 unspecified atom stereocenters. The molecule has 1 aromatic carbocycles. The summed E-state index contributed by atoms with van der Waals surface area (Å²) in [6.07, 6.45) is 3.23. The van der Waals surface area contributed by atoms with Crippen molar-refractivity contribution >= 4 is 23.2 Å². The van der Waals surface area contributed by atoms with Gasteiger partial charge in [-0.15, -0.1) is 0 Å². The fraction of sp³-hybridized carbons (Fsp3) is 0.231. The van der Waals surface area contributed by atoms with Gasteiger partial charge in [0.25, 0.3) is 0 Å². The number of nitrogens with one attached hydrogen (secondary N) is 1. The number of anilines is 1. The Morgan fingerprint density at radius 2 is 2.24 bits per heavy atom. The first-order valence-corrected chi connectivity index (χ1v) is 6.39. The van der Waals surface area contributed by atoms with Crippen LogP contribution in [-0.4, -0.2) is 22.3 Å². The Bertz CT molecular complexity index is 620. The van der Waals surface area contributed by atoms with E-state index < -0.39 is 12.7 Å². The summed E-state index contributed by atoms with van der Waals surface area (Å²) in [5, 5.41) is 6.58. The van der Waals surface area contributed by atoms with E-state index >= 15 is 0 Å². The fourth-order valence-electron chi connectivity index (χ4n) is 1.65. The molecule has 0 bridgehead atoms. The van der Waals surface area contributed by atoms with Crippen LogP contribution < -0.4 is 10.1 Å². The average molecular weight is 316 g/mol. The van der Waals surface area contributed by atoms with E-state index in [0.29, 0.717) is 5.69 Å². The van der Waals surface area contributed by atoms with Gasteiger partial charge in [-0.05, 0) is 31.2 Å². The second kappa shape index (κ2) is 6.53. The highest BCUT2D eigenvalue weighted by Gasteiger charge is 2.16. The molecule has 0 aliphatic carbocycles. The number of benzene rings is 1. The lowest BCUT2D eigenvalue weighted by atomic mass is 10.2. The molecule has 2 aromatic rings. The molecule has 1 atom stereocenters. The monoisotopic (exact) mass is 315 g/mol. The van der Waals surface area contributed by atoms with Gasteiger partial charge in [0, 0.05) is 18.1 Å². The van der Waals surface area contributed by atoms with E-state index in [1.54, 1.807) is 25.4 Å². The molecule has 1 N–H and O–H groups in total. The van der Waals surface area contributed by atoms with E-state index in [1.807, 2.05) is 0 Å².